The zero-order valence-corrected chi connectivity index (χ0v) is 14.0. The number of rotatable bonds is 7. The van der Waals surface area contributed by atoms with Gasteiger partial charge >= 0.3 is 0 Å². The number of hydrogen-bond donors (Lipinski definition) is 1. The van der Waals surface area contributed by atoms with E-state index in [1.807, 2.05) is 37.3 Å². The number of ether oxygens (including phenoxy) is 3. The van der Waals surface area contributed by atoms with Crippen LogP contribution in [0.5, 0.6) is 17.2 Å². The van der Waals surface area contributed by atoms with Crippen molar-refractivity contribution in [2.24, 2.45) is 0 Å². The third-order valence-corrected chi connectivity index (χ3v) is 3.29. The van der Waals surface area contributed by atoms with Gasteiger partial charge in [0.25, 0.3) is 0 Å². The van der Waals surface area contributed by atoms with Crippen LogP contribution in [-0.2, 0) is 4.79 Å². The molecule has 126 valence electrons. The molecule has 2 aromatic carbocycles. The highest BCUT2D eigenvalue weighted by atomic mass is 16.5. The molecule has 1 N–H and O–H groups in total. The molecule has 0 atom stereocenters. The molecule has 0 heterocycles. The van der Waals surface area contributed by atoms with Crippen LogP contribution in [0.4, 0.5) is 5.69 Å². The van der Waals surface area contributed by atoms with Crippen molar-refractivity contribution in [2.75, 3.05) is 26.1 Å². The number of benzene rings is 2. The summed E-state index contributed by atoms with van der Waals surface area (Å²) in [6.45, 7) is 2.43. The topological polar surface area (TPSA) is 56.8 Å². The molecule has 0 saturated heterocycles. The Balaban J connectivity index is 2.14. The van der Waals surface area contributed by atoms with Gasteiger partial charge in [-0.1, -0.05) is 24.3 Å². The molecule has 24 heavy (non-hydrogen) atoms. The molecule has 2 aromatic rings. The lowest BCUT2D eigenvalue weighted by Gasteiger charge is -2.11. The number of anilines is 1. The van der Waals surface area contributed by atoms with Gasteiger partial charge in [-0.2, -0.15) is 0 Å². The monoisotopic (exact) mass is 327 g/mol. The number of carbonyl (C=O) groups excluding carboxylic acids is 1. The molecular weight excluding hydrogens is 306 g/mol. The standard InChI is InChI=1S/C19H21NO4/c1-4-24-16-10-6-5-9-15(16)20-18(21)13-12-14-8-7-11-17(22-2)19(14)23-3/h5-13H,4H2,1-3H3,(H,20,21). The molecule has 5 nitrogen and oxygen atoms in total. The summed E-state index contributed by atoms with van der Waals surface area (Å²) in [4.78, 5) is 12.2. The predicted octanol–water partition coefficient (Wildman–Crippen LogP) is 3.75. The van der Waals surface area contributed by atoms with E-state index in [0.29, 0.717) is 29.5 Å². The molecule has 0 aliphatic carbocycles. The molecular formula is C19H21NO4. The summed E-state index contributed by atoms with van der Waals surface area (Å²) in [7, 11) is 3.14. The largest absolute Gasteiger partial charge is 0.493 e. The van der Waals surface area contributed by atoms with E-state index in [4.69, 9.17) is 14.2 Å². The maximum absolute atomic E-state index is 12.2. The third kappa shape index (κ3) is 4.29. The number of carbonyl (C=O) groups is 1. The summed E-state index contributed by atoms with van der Waals surface area (Å²) >= 11 is 0. The van der Waals surface area contributed by atoms with Crippen LogP contribution in [0.2, 0.25) is 0 Å². The molecule has 0 unspecified atom stereocenters. The van der Waals surface area contributed by atoms with Gasteiger partial charge in [-0.25, -0.2) is 0 Å². The predicted molar refractivity (Wildman–Crippen MR) is 94.8 cm³/mol. The SMILES string of the molecule is CCOc1ccccc1NC(=O)C=Cc1cccc(OC)c1OC. The lowest BCUT2D eigenvalue weighted by molar-refractivity contribution is -0.111. The first-order chi connectivity index (χ1) is 11.7. The highest BCUT2D eigenvalue weighted by molar-refractivity contribution is 6.03. The molecule has 2 rings (SSSR count). The van der Waals surface area contributed by atoms with Crippen LogP contribution in [0.1, 0.15) is 12.5 Å². The van der Waals surface area contributed by atoms with Crippen molar-refractivity contribution in [1.82, 2.24) is 0 Å². The Bertz CT molecular complexity index is 725. The molecule has 0 aliphatic heterocycles. The maximum Gasteiger partial charge on any atom is 0.248 e. The van der Waals surface area contributed by atoms with Gasteiger partial charge < -0.3 is 19.5 Å². The first kappa shape index (κ1) is 17.4. The average Bonchev–Trinajstić information content (AvgIpc) is 2.61. The first-order valence-corrected chi connectivity index (χ1v) is 7.61. The van der Waals surface area contributed by atoms with Crippen LogP contribution < -0.4 is 19.5 Å². The highest BCUT2D eigenvalue weighted by Crippen LogP contribution is 2.31. The molecule has 1 amide bonds. The van der Waals surface area contributed by atoms with Gasteiger partial charge in [0.15, 0.2) is 11.5 Å². The fraction of sp³-hybridized carbons (Fsp3) is 0.211. The van der Waals surface area contributed by atoms with Gasteiger partial charge in [0.05, 0.1) is 26.5 Å². The van der Waals surface area contributed by atoms with Crippen molar-refractivity contribution in [3.8, 4) is 17.2 Å². The van der Waals surface area contributed by atoms with E-state index in [2.05, 4.69) is 5.32 Å². The highest BCUT2D eigenvalue weighted by Gasteiger charge is 2.08. The number of nitrogens with one attached hydrogen (secondary N) is 1. The molecule has 0 radical (unpaired) electrons. The van der Waals surface area contributed by atoms with E-state index in [1.54, 1.807) is 32.4 Å². The Morgan fingerprint density at radius 2 is 1.79 bits per heavy atom. The lowest BCUT2D eigenvalue weighted by atomic mass is 10.1. The molecule has 0 aromatic heterocycles. The summed E-state index contributed by atoms with van der Waals surface area (Å²) in [6, 6.07) is 12.8. The number of amides is 1. The van der Waals surface area contributed by atoms with E-state index in [-0.39, 0.29) is 5.91 Å². The van der Waals surface area contributed by atoms with Crippen molar-refractivity contribution in [2.45, 2.75) is 6.92 Å². The zero-order chi connectivity index (χ0) is 17.4. The van der Waals surface area contributed by atoms with Gasteiger partial charge in [0.1, 0.15) is 5.75 Å². The van der Waals surface area contributed by atoms with E-state index in [1.165, 1.54) is 6.08 Å². The quantitative estimate of drug-likeness (QED) is 0.787. The van der Waals surface area contributed by atoms with Crippen LogP contribution in [-0.4, -0.2) is 26.7 Å². The fourth-order valence-corrected chi connectivity index (χ4v) is 2.23. The zero-order valence-electron chi connectivity index (χ0n) is 14.0. The van der Waals surface area contributed by atoms with Crippen molar-refractivity contribution in [3.63, 3.8) is 0 Å². The molecule has 0 bridgehead atoms. The van der Waals surface area contributed by atoms with Crippen LogP contribution in [0.3, 0.4) is 0 Å². The lowest BCUT2D eigenvalue weighted by Crippen LogP contribution is -2.09. The van der Waals surface area contributed by atoms with Gasteiger partial charge in [-0.05, 0) is 31.2 Å². The van der Waals surface area contributed by atoms with Crippen molar-refractivity contribution >= 4 is 17.7 Å². The van der Waals surface area contributed by atoms with Crippen LogP contribution >= 0.6 is 0 Å². The van der Waals surface area contributed by atoms with Gasteiger partial charge in [-0.15, -0.1) is 0 Å². The molecule has 0 fully saturated rings. The van der Waals surface area contributed by atoms with E-state index >= 15 is 0 Å². The minimum absolute atomic E-state index is 0.257. The number of para-hydroxylation sites is 3. The second-order valence-corrected chi connectivity index (χ2v) is 4.83. The Labute approximate surface area is 141 Å². The summed E-state index contributed by atoms with van der Waals surface area (Å²) in [6.07, 6.45) is 3.12. The average molecular weight is 327 g/mol. The number of methoxy groups -OCH3 is 2. The van der Waals surface area contributed by atoms with Gasteiger partial charge in [0, 0.05) is 11.6 Å². The van der Waals surface area contributed by atoms with Crippen molar-refractivity contribution in [3.05, 3.63) is 54.1 Å². The Kier molecular flexibility index (Phi) is 6.25. The van der Waals surface area contributed by atoms with E-state index < -0.39 is 0 Å². The molecule has 0 aliphatic rings. The Morgan fingerprint density at radius 3 is 2.50 bits per heavy atom. The van der Waals surface area contributed by atoms with Crippen LogP contribution in [0, 0.1) is 0 Å². The third-order valence-electron chi connectivity index (χ3n) is 3.29. The smallest absolute Gasteiger partial charge is 0.248 e. The summed E-state index contributed by atoms with van der Waals surface area (Å²) in [5.41, 5.74) is 1.39. The van der Waals surface area contributed by atoms with Gasteiger partial charge in [-0.3, -0.25) is 4.79 Å². The Hall–Kier alpha value is -2.95. The van der Waals surface area contributed by atoms with Crippen molar-refractivity contribution < 1.29 is 19.0 Å². The van der Waals surface area contributed by atoms with Crippen LogP contribution in [0.25, 0.3) is 6.08 Å². The summed E-state index contributed by atoms with van der Waals surface area (Å²) in [5.74, 6) is 1.58. The molecule has 5 heteroatoms. The Morgan fingerprint density at radius 1 is 1.04 bits per heavy atom. The molecule has 0 saturated carbocycles. The van der Waals surface area contributed by atoms with E-state index in [0.717, 1.165) is 5.56 Å². The molecule has 0 spiro atoms. The minimum Gasteiger partial charge on any atom is -0.493 e. The van der Waals surface area contributed by atoms with E-state index in [9.17, 15) is 4.79 Å². The summed E-state index contributed by atoms with van der Waals surface area (Å²) < 4.78 is 16.1. The van der Waals surface area contributed by atoms with Crippen molar-refractivity contribution in [1.29, 1.82) is 0 Å². The minimum atomic E-state index is -0.257. The fourth-order valence-electron chi connectivity index (χ4n) is 2.23. The van der Waals surface area contributed by atoms with Crippen LogP contribution in [0.15, 0.2) is 48.5 Å². The first-order valence-electron chi connectivity index (χ1n) is 7.61. The maximum atomic E-state index is 12.2. The second-order valence-electron chi connectivity index (χ2n) is 4.83. The van der Waals surface area contributed by atoms with Gasteiger partial charge in [0.2, 0.25) is 5.91 Å². The number of hydrogen-bond acceptors (Lipinski definition) is 4. The second kappa shape index (κ2) is 8.62. The normalized spacial score (nSPS) is 10.5. The summed E-state index contributed by atoms with van der Waals surface area (Å²) in [5, 5.41) is 2.81.